The van der Waals surface area contributed by atoms with Gasteiger partial charge in [-0.25, -0.2) is 0 Å². The molecule has 0 aliphatic carbocycles. The number of likely N-dealkylation sites (N-methyl/N-ethyl adjacent to an activating group) is 1. The average molecular weight is 329 g/mol. The van der Waals surface area contributed by atoms with Crippen molar-refractivity contribution in [1.29, 1.82) is 0 Å². The van der Waals surface area contributed by atoms with E-state index >= 15 is 0 Å². The quantitative estimate of drug-likeness (QED) is 0.837. The monoisotopic (exact) mass is 329 g/mol. The fraction of sp³-hybridized carbons (Fsp3) is 0.278. The highest BCUT2D eigenvalue weighted by Gasteiger charge is 2.51. The van der Waals surface area contributed by atoms with Crippen LogP contribution in [0.4, 0.5) is 5.69 Å². The molecule has 0 spiro atoms. The predicted molar refractivity (Wildman–Crippen MR) is 88.7 cm³/mol. The minimum Gasteiger partial charge on any atom is -0.507 e. The number of fused-ring (bicyclic) bond motifs is 2. The summed E-state index contributed by atoms with van der Waals surface area (Å²) in [6, 6.07) is 9.80. The van der Waals surface area contributed by atoms with Crippen molar-refractivity contribution >= 4 is 11.6 Å². The zero-order valence-electron chi connectivity index (χ0n) is 12.4. The van der Waals surface area contributed by atoms with Crippen molar-refractivity contribution in [2.24, 2.45) is 0 Å². The van der Waals surface area contributed by atoms with Crippen LogP contribution in [0.1, 0.15) is 18.6 Å². The number of nitrogens with zero attached hydrogens (tertiary/aromatic N) is 1. The van der Waals surface area contributed by atoms with Crippen molar-refractivity contribution in [1.82, 2.24) is 0 Å². The van der Waals surface area contributed by atoms with E-state index in [-0.39, 0.29) is 18.7 Å². The first kappa shape index (κ1) is 16.1. The van der Waals surface area contributed by atoms with Gasteiger partial charge in [-0.2, -0.15) is 0 Å². The van der Waals surface area contributed by atoms with Crippen LogP contribution in [0.3, 0.4) is 0 Å². The van der Waals surface area contributed by atoms with E-state index in [1.165, 1.54) is 17.0 Å². The zero-order valence-corrected chi connectivity index (χ0v) is 12.4. The molecule has 126 valence electrons. The predicted octanol–water partition coefficient (Wildman–Crippen LogP) is 2.01. The summed E-state index contributed by atoms with van der Waals surface area (Å²) in [5.41, 5.74) is -0.831. The normalized spacial score (nSPS) is 21.2. The van der Waals surface area contributed by atoms with Crippen LogP contribution in [-0.4, -0.2) is 36.4 Å². The topological polar surface area (TPSA) is 79.2 Å². The van der Waals surface area contributed by atoms with Crippen molar-refractivity contribution in [3.05, 3.63) is 47.5 Å². The molecule has 0 fully saturated rings. The first-order valence-corrected chi connectivity index (χ1v) is 7.26. The molecule has 2 aliphatic heterocycles. The van der Waals surface area contributed by atoms with E-state index in [1.807, 2.05) is 0 Å². The van der Waals surface area contributed by atoms with Crippen LogP contribution >= 0.6 is 0 Å². The van der Waals surface area contributed by atoms with Crippen LogP contribution in [0.2, 0.25) is 0 Å². The van der Waals surface area contributed by atoms with Crippen molar-refractivity contribution in [3.63, 3.8) is 0 Å². The lowest BCUT2D eigenvalue weighted by Crippen LogP contribution is -2.39. The molecule has 1 atom stereocenters. The number of phenols is 1. The Morgan fingerprint density at radius 2 is 1.71 bits per heavy atom. The fourth-order valence-electron chi connectivity index (χ4n) is 3.17. The Kier molecular flexibility index (Phi) is 3.64. The third-order valence-corrected chi connectivity index (χ3v) is 4.32. The fourth-order valence-corrected chi connectivity index (χ4v) is 3.17. The molecule has 4 rings (SSSR count). The second-order valence-corrected chi connectivity index (χ2v) is 5.60. The molecule has 0 saturated carbocycles. The van der Waals surface area contributed by atoms with E-state index in [1.54, 1.807) is 31.3 Å². The molecular formula is C18H19NO5. The standard InChI is InChI=1S/C17H15NO5.CH4/c1-18-12-5-3-2-4-10(12)17(21,16(18)20)11-8-14-15(9-13(11)19)23-7-6-22-14;/h2-5,8-9,19,21H,6-7H2,1H3;1H4. The maximum Gasteiger partial charge on any atom is 0.268 e. The number of hydrogen-bond acceptors (Lipinski definition) is 5. The molecule has 0 radical (unpaired) electrons. The molecule has 2 heterocycles. The van der Waals surface area contributed by atoms with E-state index in [4.69, 9.17) is 9.47 Å². The molecule has 6 nitrogen and oxygen atoms in total. The van der Waals surface area contributed by atoms with Gasteiger partial charge in [-0.1, -0.05) is 25.6 Å². The van der Waals surface area contributed by atoms with E-state index in [0.717, 1.165) is 0 Å². The number of ether oxygens (including phenoxy) is 2. The van der Waals surface area contributed by atoms with Gasteiger partial charge >= 0.3 is 0 Å². The molecule has 0 aromatic heterocycles. The Labute approximate surface area is 139 Å². The van der Waals surface area contributed by atoms with Gasteiger partial charge in [0.1, 0.15) is 19.0 Å². The summed E-state index contributed by atoms with van der Waals surface area (Å²) >= 11 is 0. The largest absolute Gasteiger partial charge is 0.507 e. The number of para-hydroxylation sites is 1. The summed E-state index contributed by atoms with van der Waals surface area (Å²) in [4.78, 5) is 14.1. The van der Waals surface area contributed by atoms with Gasteiger partial charge in [0.05, 0.1) is 5.69 Å². The average Bonchev–Trinajstić information content (AvgIpc) is 2.77. The molecule has 2 aliphatic rings. The summed E-state index contributed by atoms with van der Waals surface area (Å²) < 4.78 is 10.9. The van der Waals surface area contributed by atoms with Gasteiger partial charge in [-0.3, -0.25) is 4.79 Å². The number of amides is 1. The molecule has 1 unspecified atom stereocenters. The maximum atomic E-state index is 12.7. The second-order valence-electron chi connectivity index (χ2n) is 5.60. The summed E-state index contributed by atoms with van der Waals surface area (Å²) in [6.07, 6.45) is 0. The van der Waals surface area contributed by atoms with Gasteiger partial charge in [0.25, 0.3) is 5.91 Å². The highest BCUT2D eigenvalue weighted by atomic mass is 16.6. The van der Waals surface area contributed by atoms with Crippen molar-refractivity contribution in [3.8, 4) is 17.2 Å². The van der Waals surface area contributed by atoms with Crippen molar-refractivity contribution in [2.75, 3.05) is 25.2 Å². The number of anilines is 1. The van der Waals surface area contributed by atoms with Gasteiger partial charge in [0.2, 0.25) is 5.60 Å². The van der Waals surface area contributed by atoms with Gasteiger partial charge < -0.3 is 24.6 Å². The smallest absolute Gasteiger partial charge is 0.268 e. The van der Waals surface area contributed by atoms with E-state index in [2.05, 4.69) is 0 Å². The molecule has 24 heavy (non-hydrogen) atoms. The first-order valence-electron chi connectivity index (χ1n) is 7.26. The van der Waals surface area contributed by atoms with Crippen LogP contribution in [-0.2, 0) is 10.4 Å². The number of aliphatic hydroxyl groups is 1. The lowest BCUT2D eigenvalue weighted by Gasteiger charge is -2.26. The van der Waals surface area contributed by atoms with E-state index < -0.39 is 11.5 Å². The Hall–Kier alpha value is -2.73. The van der Waals surface area contributed by atoms with Gasteiger partial charge in [0, 0.05) is 24.2 Å². The number of aromatic hydroxyl groups is 1. The second kappa shape index (κ2) is 5.42. The van der Waals surface area contributed by atoms with E-state index in [0.29, 0.717) is 36.0 Å². The number of rotatable bonds is 1. The van der Waals surface area contributed by atoms with Gasteiger partial charge in [-0.15, -0.1) is 0 Å². The molecule has 1 amide bonds. The molecule has 2 aromatic carbocycles. The molecular weight excluding hydrogens is 310 g/mol. The third-order valence-electron chi connectivity index (χ3n) is 4.32. The summed E-state index contributed by atoms with van der Waals surface area (Å²) in [5.74, 6) is 0.0615. The highest BCUT2D eigenvalue weighted by Crippen LogP contribution is 2.49. The first-order chi connectivity index (χ1) is 11.0. The summed E-state index contributed by atoms with van der Waals surface area (Å²) in [5, 5.41) is 21.5. The van der Waals surface area contributed by atoms with Crippen molar-refractivity contribution < 1.29 is 24.5 Å². The maximum absolute atomic E-state index is 12.7. The molecule has 2 N–H and O–H groups in total. The minimum absolute atomic E-state index is 0. The number of phenolic OH excluding ortho intramolecular Hbond substituents is 1. The number of hydrogen-bond donors (Lipinski definition) is 2. The minimum atomic E-state index is -1.95. The SMILES string of the molecule is C.CN1C(=O)C(O)(c2cc3c(cc2O)OCCO3)c2ccccc21. The third kappa shape index (κ3) is 1.96. The summed E-state index contributed by atoms with van der Waals surface area (Å²) in [7, 11) is 1.59. The Balaban J connectivity index is 0.00000169. The Morgan fingerprint density at radius 3 is 2.42 bits per heavy atom. The van der Waals surface area contributed by atoms with Gasteiger partial charge in [-0.05, 0) is 12.1 Å². The Morgan fingerprint density at radius 1 is 1.08 bits per heavy atom. The van der Waals surface area contributed by atoms with Crippen LogP contribution in [0.15, 0.2) is 36.4 Å². The molecule has 0 saturated heterocycles. The number of carbonyl (C=O) groups is 1. The van der Waals surface area contributed by atoms with Crippen LogP contribution in [0.25, 0.3) is 0 Å². The van der Waals surface area contributed by atoms with Crippen LogP contribution in [0.5, 0.6) is 17.2 Å². The van der Waals surface area contributed by atoms with Crippen molar-refractivity contribution in [2.45, 2.75) is 13.0 Å². The molecule has 6 heteroatoms. The van der Waals surface area contributed by atoms with E-state index in [9.17, 15) is 15.0 Å². The molecule has 2 aromatic rings. The number of carbonyl (C=O) groups excluding carboxylic acids is 1. The van der Waals surface area contributed by atoms with Crippen LogP contribution < -0.4 is 14.4 Å². The van der Waals surface area contributed by atoms with Crippen LogP contribution in [0, 0.1) is 0 Å². The lowest BCUT2D eigenvalue weighted by molar-refractivity contribution is -0.132. The molecule has 0 bridgehead atoms. The Bertz CT molecular complexity index is 819. The summed E-state index contributed by atoms with van der Waals surface area (Å²) in [6.45, 7) is 0.765. The van der Waals surface area contributed by atoms with Gasteiger partial charge in [0.15, 0.2) is 11.5 Å². The highest BCUT2D eigenvalue weighted by molar-refractivity contribution is 6.09. The zero-order chi connectivity index (χ0) is 16.2. The lowest BCUT2D eigenvalue weighted by atomic mass is 9.86. The number of benzene rings is 2.